The first kappa shape index (κ1) is 23.2. The van der Waals surface area contributed by atoms with Crippen molar-refractivity contribution in [2.75, 3.05) is 7.11 Å². The Balaban J connectivity index is 1.74. The number of nitrogens with zero attached hydrogens (tertiary/aromatic N) is 3. The fourth-order valence-electron chi connectivity index (χ4n) is 3.60. The highest BCUT2D eigenvalue weighted by molar-refractivity contribution is 5.77. The summed E-state index contributed by atoms with van der Waals surface area (Å²) in [6, 6.07) is 14.6. The van der Waals surface area contributed by atoms with Crippen LogP contribution in [0.3, 0.4) is 0 Å². The number of halogens is 2. The van der Waals surface area contributed by atoms with E-state index in [1.54, 1.807) is 25.2 Å². The van der Waals surface area contributed by atoms with Crippen LogP contribution >= 0.6 is 0 Å². The van der Waals surface area contributed by atoms with Crippen LogP contribution < -0.4 is 20.7 Å². The fraction of sp³-hybridized carbons (Fsp3) is 0.261. The van der Waals surface area contributed by atoms with Crippen molar-refractivity contribution in [1.29, 1.82) is 0 Å². The molecule has 0 aliphatic rings. The van der Waals surface area contributed by atoms with Gasteiger partial charge in [-0.05, 0) is 23.8 Å². The molecule has 0 unspecified atom stereocenters. The highest BCUT2D eigenvalue weighted by Gasteiger charge is 2.23. The summed E-state index contributed by atoms with van der Waals surface area (Å²) in [6.45, 7) is -0.396. The molecule has 2 N–H and O–H groups in total. The molecule has 4 rings (SSSR count). The molecule has 0 fully saturated rings. The molecule has 0 spiro atoms. The average Bonchev–Trinajstić information content (AvgIpc) is 3.18. The van der Waals surface area contributed by atoms with Crippen LogP contribution in [0.15, 0.2) is 58.1 Å². The monoisotopic (exact) mass is 472 g/mol. The van der Waals surface area contributed by atoms with E-state index in [1.807, 2.05) is 30.3 Å². The molecule has 4 aromatic rings. The van der Waals surface area contributed by atoms with Crippen LogP contribution in [0.25, 0.3) is 22.6 Å². The van der Waals surface area contributed by atoms with Crippen molar-refractivity contribution in [3.63, 3.8) is 0 Å². The minimum atomic E-state index is -3.07. The van der Waals surface area contributed by atoms with E-state index in [4.69, 9.17) is 9.47 Å². The Labute approximate surface area is 191 Å². The summed E-state index contributed by atoms with van der Waals surface area (Å²) in [5.74, 6) is 1.20. The van der Waals surface area contributed by atoms with Gasteiger partial charge in [-0.15, -0.1) is 0 Å². The number of aliphatic hydroxyl groups excluding tert-OH is 1. The van der Waals surface area contributed by atoms with E-state index in [0.29, 0.717) is 29.5 Å². The molecule has 2 heterocycles. The van der Waals surface area contributed by atoms with Gasteiger partial charge in [-0.2, -0.15) is 0 Å². The van der Waals surface area contributed by atoms with Crippen LogP contribution in [-0.4, -0.2) is 43.8 Å². The van der Waals surface area contributed by atoms with Crippen LogP contribution in [-0.2, 0) is 20.2 Å². The van der Waals surface area contributed by atoms with E-state index >= 15 is 0 Å². The molecular formula is C23H22F2N4O5. The van der Waals surface area contributed by atoms with E-state index in [9.17, 15) is 23.5 Å². The maximum Gasteiger partial charge on any atom is 0.330 e. The van der Waals surface area contributed by atoms with Gasteiger partial charge in [0.1, 0.15) is 18.5 Å². The number of H-pyrrole nitrogens is 1. The van der Waals surface area contributed by atoms with E-state index in [-0.39, 0.29) is 11.2 Å². The number of aromatic nitrogens is 4. The van der Waals surface area contributed by atoms with Gasteiger partial charge < -0.3 is 19.1 Å². The minimum Gasteiger partial charge on any atom is -0.493 e. The van der Waals surface area contributed by atoms with Gasteiger partial charge in [-0.1, -0.05) is 30.3 Å². The SMILES string of the molecule is COc1cc(-c2nc3c(c(=O)[nH]c(=O)n3C[C@H](O)C(F)F)n2C)ccc1OCc1ccccc1. The zero-order valence-corrected chi connectivity index (χ0v) is 18.4. The second kappa shape index (κ2) is 9.48. The lowest BCUT2D eigenvalue weighted by atomic mass is 10.2. The molecule has 0 aliphatic carbocycles. The number of nitrogens with one attached hydrogen (secondary N) is 1. The zero-order valence-electron chi connectivity index (χ0n) is 18.4. The highest BCUT2D eigenvalue weighted by Crippen LogP contribution is 2.33. The number of ether oxygens (including phenoxy) is 2. The highest BCUT2D eigenvalue weighted by atomic mass is 19.3. The standard InChI is InChI=1S/C23H22F2N4O5/c1-28-18-21(29(11-15(30)19(24)25)23(32)27-22(18)31)26-20(28)14-8-9-16(17(10-14)33-2)34-12-13-6-4-3-5-7-13/h3-10,15,19,30H,11-12H2,1-2H3,(H,27,31,32)/t15-/m0/s1. The maximum absolute atomic E-state index is 12.9. The molecule has 2 aromatic carbocycles. The van der Waals surface area contributed by atoms with Crippen molar-refractivity contribution in [3.05, 3.63) is 74.9 Å². The number of alkyl halides is 2. The number of methoxy groups -OCH3 is 1. The Morgan fingerprint density at radius 3 is 2.53 bits per heavy atom. The van der Waals surface area contributed by atoms with Crippen molar-refractivity contribution < 1.29 is 23.4 Å². The third kappa shape index (κ3) is 4.42. The molecule has 0 saturated carbocycles. The largest absolute Gasteiger partial charge is 0.493 e. The van der Waals surface area contributed by atoms with Crippen molar-refractivity contribution in [3.8, 4) is 22.9 Å². The number of hydrogen-bond donors (Lipinski definition) is 2. The maximum atomic E-state index is 12.9. The van der Waals surface area contributed by atoms with Crippen LogP contribution in [0.1, 0.15) is 5.56 Å². The molecule has 34 heavy (non-hydrogen) atoms. The summed E-state index contributed by atoms with van der Waals surface area (Å²) >= 11 is 0. The quantitative estimate of drug-likeness (QED) is 0.407. The normalized spacial score (nSPS) is 12.3. The van der Waals surface area contributed by atoms with Gasteiger partial charge in [0.25, 0.3) is 12.0 Å². The van der Waals surface area contributed by atoms with Gasteiger partial charge >= 0.3 is 5.69 Å². The molecule has 2 aromatic heterocycles. The summed E-state index contributed by atoms with van der Waals surface area (Å²) in [6.07, 6.45) is -5.16. The lowest BCUT2D eigenvalue weighted by molar-refractivity contribution is -0.0136. The number of hydrogen-bond acceptors (Lipinski definition) is 6. The molecular weight excluding hydrogens is 450 g/mol. The molecule has 0 aliphatic heterocycles. The average molecular weight is 472 g/mol. The summed E-state index contributed by atoms with van der Waals surface area (Å²) < 4.78 is 39.3. The number of fused-ring (bicyclic) bond motifs is 1. The van der Waals surface area contributed by atoms with E-state index in [2.05, 4.69) is 9.97 Å². The Morgan fingerprint density at radius 2 is 1.85 bits per heavy atom. The first-order valence-electron chi connectivity index (χ1n) is 10.3. The van der Waals surface area contributed by atoms with Gasteiger partial charge in [-0.25, -0.2) is 18.6 Å². The molecule has 178 valence electrons. The van der Waals surface area contributed by atoms with Crippen molar-refractivity contribution >= 4 is 11.2 Å². The zero-order chi connectivity index (χ0) is 24.4. The van der Waals surface area contributed by atoms with Gasteiger partial charge in [0.15, 0.2) is 22.7 Å². The number of aromatic amines is 1. The topological polar surface area (TPSA) is 111 Å². The molecule has 0 amide bonds. The van der Waals surface area contributed by atoms with E-state index < -0.39 is 30.3 Å². The first-order valence-corrected chi connectivity index (χ1v) is 10.3. The van der Waals surface area contributed by atoms with Gasteiger partial charge in [0, 0.05) is 12.6 Å². The summed E-state index contributed by atoms with van der Waals surface area (Å²) in [5, 5.41) is 9.59. The Hall–Kier alpha value is -3.99. The molecule has 11 heteroatoms. The number of rotatable bonds is 8. The summed E-state index contributed by atoms with van der Waals surface area (Å²) in [7, 11) is 3.04. The Morgan fingerprint density at radius 1 is 1.12 bits per heavy atom. The lowest BCUT2D eigenvalue weighted by Crippen LogP contribution is -2.36. The Bertz CT molecular complexity index is 1430. The number of benzene rings is 2. The third-order valence-corrected chi connectivity index (χ3v) is 5.33. The third-order valence-electron chi connectivity index (χ3n) is 5.33. The lowest BCUT2D eigenvalue weighted by Gasteiger charge is -2.12. The number of aryl methyl sites for hydroxylation is 1. The first-order chi connectivity index (χ1) is 16.3. The second-order valence-corrected chi connectivity index (χ2v) is 7.58. The molecule has 0 radical (unpaired) electrons. The molecule has 0 saturated heterocycles. The van der Waals surface area contributed by atoms with Gasteiger partial charge in [-0.3, -0.25) is 14.3 Å². The van der Waals surface area contributed by atoms with Crippen molar-refractivity contribution in [2.24, 2.45) is 7.05 Å². The second-order valence-electron chi connectivity index (χ2n) is 7.58. The van der Waals surface area contributed by atoms with Gasteiger partial charge in [0.2, 0.25) is 0 Å². The van der Waals surface area contributed by atoms with Crippen LogP contribution in [0.5, 0.6) is 11.5 Å². The van der Waals surface area contributed by atoms with E-state index in [0.717, 1.165) is 10.1 Å². The van der Waals surface area contributed by atoms with Gasteiger partial charge in [0.05, 0.1) is 13.7 Å². The number of imidazole rings is 1. The van der Waals surface area contributed by atoms with Crippen LogP contribution in [0, 0.1) is 0 Å². The molecule has 0 bridgehead atoms. The predicted molar refractivity (Wildman–Crippen MR) is 120 cm³/mol. The smallest absolute Gasteiger partial charge is 0.330 e. The van der Waals surface area contributed by atoms with Crippen molar-refractivity contribution in [1.82, 2.24) is 19.1 Å². The fourth-order valence-corrected chi connectivity index (χ4v) is 3.60. The summed E-state index contributed by atoms with van der Waals surface area (Å²) in [4.78, 5) is 31.2. The molecule has 1 atom stereocenters. The summed E-state index contributed by atoms with van der Waals surface area (Å²) in [5.41, 5.74) is -0.265. The van der Waals surface area contributed by atoms with Crippen LogP contribution in [0.2, 0.25) is 0 Å². The van der Waals surface area contributed by atoms with Crippen molar-refractivity contribution in [2.45, 2.75) is 25.7 Å². The number of aliphatic hydroxyl groups is 1. The Kier molecular flexibility index (Phi) is 6.46. The molecule has 9 nitrogen and oxygen atoms in total. The van der Waals surface area contributed by atoms with Crippen LogP contribution in [0.4, 0.5) is 8.78 Å². The van der Waals surface area contributed by atoms with E-state index in [1.165, 1.54) is 11.7 Å². The predicted octanol–water partition coefficient (Wildman–Crippen LogP) is 2.30. The minimum absolute atomic E-state index is 0.000521.